The van der Waals surface area contributed by atoms with Crippen molar-refractivity contribution in [2.45, 2.75) is 167 Å². The largest absolute Gasteiger partial charge is 0.472 e. The number of aliphatic hydroxyl groups excluding tert-OH is 2. The second-order valence-corrected chi connectivity index (χ2v) is 18.0. The van der Waals surface area contributed by atoms with E-state index < -0.39 is 32.7 Å². The van der Waals surface area contributed by atoms with Crippen LogP contribution in [0.25, 0.3) is 0 Å². The Balaban J connectivity index is 4.49. The van der Waals surface area contributed by atoms with Crippen LogP contribution in [0.2, 0.25) is 0 Å². The van der Waals surface area contributed by atoms with Gasteiger partial charge in [-0.15, -0.1) is 0 Å². The zero-order chi connectivity index (χ0) is 45.1. The number of hydrogen-bond donors (Lipinski definition) is 4. The van der Waals surface area contributed by atoms with Gasteiger partial charge >= 0.3 is 7.82 Å². The lowest BCUT2D eigenvalue weighted by Crippen LogP contribution is -2.51. The number of quaternary nitrogens is 1. The first kappa shape index (κ1) is 58.1. The van der Waals surface area contributed by atoms with Crippen molar-refractivity contribution >= 4 is 13.7 Å². The minimum Gasteiger partial charge on any atom is -0.390 e. The third-order valence-corrected chi connectivity index (χ3v) is 10.6. The molecule has 0 rings (SSSR count). The number of allylic oxidation sites excluding steroid dienone is 18. The van der Waals surface area contributed by atoms with Crippen LogP contribution in [0.15, 0.2) is 109 Å². The third-order valence-electron chi connectivity index (χ3n) is 9.65. The molecule has 4 N–H and O–H groups in total. The molecule has 9 nitrogen and oxygen atoms in total. The van der Waals surface area contributed by atoms with Crippen LogP contribution in [0.1, 0.15) is 149 Å². The van der Waals surface area contributed by atoms with Gasteiger partial charge in [-0.1, -0.05) is 142 Å². The Labute approximate surface area is 373 Å². The number of likely N-dealkylation sites (N-methyl/N-ethyl adjacent to an activating group) is 1. The first-order chi connectivity index (χ1) is 29.4. The summed E-state index contributed by atoms with van der Waals surface area (Å²) in [7, 11) is 1.37. The average molecular weight is 872 g/mol. The Kier molecular flexibility index (Phi) is 39.2. The number of phosphoric acid groups is 1. The van der Waals surface area contributed by atoms with Crippen molar-refractivity contribution in [3.05, 3.63) is 109 Å². The molecule has 0 saturated carbocycles. The predicted molar refractivity (Wildman–Crippen MR) is 259 cm³/mol. The van der Waals surface area contributed by atoms with Crippen LogP contribution in [0.3, 0.4) is 0 Å². The highest BCUT2D eigenvalue weighted by molar-refractivity contribution is 7.47. The predicted octanol–water partition coefficient (Wildman–Crippen LogP) is 12.3. The Hall–Kier alpha value is -2.88. The topological polar surface area (TPSA) is 125 Å². The lowest BCUT2D eigenvalue weighted by Gasteiger charge is -2.28. The van der Waals surface area contributed by atoms with Gasteiger partial charge in [-0.25, -0.2) is 4.57 Å². The minimum absolute atomic E-state index is 0.00233. The highest BCUT2D eigenvalue weighted by Crippen LogP contribution is 2.43. The van der Waals surface area contributed by atoms with Crippen molar-refractivity contribution in [3.8, 4) is 0 Å². The molecule has 0 radical (unpaired) electrons. The number of phosphoric ester groups is 1. The van der Waals surface area contributed by atoms with Crippen LogP contribution >= 0.6 is 7.82 Å². The molecule has 1 amide bonds. The Morgan fingerprint density at radius 2 is 1.05 bits per heavy atom. The van der Waals surface area contributed by atoms with Crippen molar-refractivity contribution in [2.24, 2.45) is 0 Å². The second-order valence-electron chi connectivity index (χ2n) is 16.5. The summed E-state index contributed by atoms with van der Waals surface area (Å²) in [5.74, 6) is -0.296. The van der Waals surface area contributed by atoms with E-state index in [0.29, 0.717) is 30.3 Å². The first-order valence-electron chi connectivity index (χ1n) is 23.3. The molecule has 10 heteroatoms. The summed E-state index contributed by atoms with van der Waals surface area (Å²) >= 11 is 0. The molecule has 0 saturated heterocycles. The van der Waals surface area contributed by atoms with E-state index in [4.69, 9.17) is 9.05 Å². The summed E-state index contributed by atoms with van der Waals surface area (Å²) < 4.78 is 23.5. The molecule has 0 heterocycles. The molecule has 0 fully saturated rings. The van der Waals surface area contributed by atoms with E-state index in [1.54, 1.807) is 0 Å². The van der Waals surface area contributed by atoms with Gasteiger partial charge in [0.15, 0.2) is 0 Å². The van der Waals surface area contributed by atoms with Crippen LogP contribution < -0.4 is 5.32 Å². The molecule has 348 valence electrons. The summed E-state index contributed by atoms with van der Waals surface area (Å²) in [4.78, 5) is 23.2. The van der Waals surface area contributed by atoms with E-state index in [2.05, 4.69) is 122 Å². The van der Waals surface area contributed by atoms with Gasteiger partial charge in [-0.2, -0.15) is 0 Å². The Bertz CT molecular complexity index is 1370. The van der Waals surface area contributed by atoms with Crippen LogP contribution in [-0.4, -0.2) is 84.6 Å². The number of hydrogen-bond acceptors (Lipinski definition) is 6. The number of carbonyl (C=O) groups is 1. The summed E-state index contributed by atoms with van der Waals surface area (Å²) in [6, 6.07) is -1.07. The molecule has 0 aliphatic carbocycles. The molecule has 0 aromatic heterocycles. The van der Waals surface area contributed by atoms with Gasteiger partial charge < -0.3 is 24.9 Å². The molecule has 0 aliphatic rings. The van der Waals surface area contributed by atoms with E-state index >= 15 is 0 Å². The molecule has 0 bridgehead atoms. The van der Waals surface area contributed by atoms with Crippen molar-refractivity contribution in [1.29, 1.82) is 0 Å². The highest BCUT2D eigenvalue weighted by Gasteiger charge is 2.31. The van der Waals surface area contributed by atoms with Crippen molar-refractivity contribution in [1.82, 2.24) is 5.32 Å². The molecule has 4 unspecified atom stereocenters. The third kappa shape index (κ3) is 42.2. The molecule has 0 spiro atoms. The number of nitrogens with one attached hydrogen (secondary N) is 1. The Morgan fingerprint density at radius 3 is 1.57 bits per heavy atom. The Morgan fingerprint density at radius 1 is 0.607 bits per heavy atom. The fourth-order valence-corrected chi connectivity index (χ4v) is 6.68. The van der Waals surface area contributed by atoms with E-state index in [1.165, 1.54) is 0 Å². The highest BCUT2D eigenvalue weighted by atomic mass is 31.2. The SMILES string of the molecule is C/C=C/CC/C=C/CC/C=C/CCCC(O)C(O)C(COP(=O)(O)OCC[N+](C)(C)C)NC(=O)CCCCCCCC/C=C\C/C=C\C/C=C\C/C=C\C/C=C\C/C=C\CC. The lowest BCUT2D eigenvalue weighted by atomic mass is 10.0. The van der Waals surface area contributed by atoms with E-state index in [1.807, 2.05) is 28.1 Å². The molecular formula is C51H88N2O7P+. The van der Waals surface area contributed by atoms with Gasteiger partial charge in [0.05, 0.1) is 39.9 Å². The fraction of sp³-hybridized carbons (Fsp3) is 0.627. The van der Waals surface area contributed by atoms with E-state index in [9.17, 15) is 24.5 Å². The maximum absolute atomic E-state index is 12.9. The van der Waals surface area contributed by atoms with Gasteiger partial charge in [-0.3, -0.25) is 13.8 Å². The summed E-state index contributed by atoms with van der Waals surface area (Å²) in [6.45, 7) is 4.20. The van der Waals surface area contributed by atoms with Crippen molar-refractivity contribution < 1.29 is 38.0 Å². The molecule has 61 heavy (non-hydrogen) atoms. The quantitative estimate of drug-likeness (QED) is 0.0209. The number of rotatable bonds is 40. The average Bonchev–Trinajstić information content (AvgIpc) is 3.21. The monoisotopic (exact) mass is 872 g/mol. The van der Waals surface area contributed by atoms with Crippen LogP contribution in [0, 0.1) is 0 Å². The zero-order valence-corrected chi connectivity index (χ0v) is 39.9. The molecule has 0 aromatic carbocycles. The molecular weight excluding hydrogens is 784 g/mol. The summed E-state index contributed by atoms with van der Waals surface area (Å²) in [5.41, 5.74) is 0. The van der Waals surface area contributed by atoms with Crippen LogP contribution in [0.4, 0.5) is 0 Å². The van der Waals surface area contributed by atoms with Gasteiger partial charge in [-0.05, 0) is 110 Å². The van der Waals surface area contributed by atoms with Gasteiger partial charge in [0.2, 0.25) is 5.91 Å². The summed E-state index contributed by atoms with van der Waals surface area (Å²) in [6.07, 6.45) is 56.0. The normalized spacial score (nSPS) is 15.7. The van der Waals surface area contributed by atoms with Gasteiger partial charge in [0.1, 0.15) is 19.3 Å². The summed E-state index contributed by atoms with van der Waals surface area (Å²) in [5, 5.41) is 24.6. The lowest BCUT2D eigenvalue weighted by molar-refractivity contribution is -0.870. The van der Waals surface area contributed by atoms with Crippen molar-refractivity contribution in [2.75, 3.05) is 40.9 Å². The number of aliphatic hydroxyl groups is 2. The van der Waals surface area contributed by atoms with Crippen LogP contribution in [-0.2, 0) is 18.4 Å². The number of amides is 1. The van der Waals surface area contributed by atoms with Crippen molar-refractivity contribution in [3.63, 3.8) is 0 Å². The zero-order valence-electron chi connectivity index (χ0n) is 39.0. The fourth-order valence-electron chi connectivity index (χ4n) is 5.95. The molecule has 0 aliphatic heterocycles. The maximum Gasteiger partial charge on any atom is 0.472 e. The number of unbranched alkanes of at least 4 members (excludes halogenated alkanes) is 9. The van der Waals surface area contributed by atoms with Crippen LogP contribution in [0.5, 0.6) is 0 Å². The first-order valence-corrected chi connectivity index (χ1v) is 24.8. The smallest absolute Gasteiger partial charge is 0.390 e. The van der Waals surface area contributed by atoms with Gasteiger partial charge in [0.25, 0.3) is 0 Å². The molecule has 4 atom stereocenters. The number of carbonyl (C=O) groups excluding carboxylic acids is 1. The van der Waals surface area contributed by atoms with E-state index in [0.717, 1.165) is 109 Å². The minimum atomic E-state index is -4.44. The standard InChI is InChI=1S/C51H87N2O7P/c1-6-8-10-12-14-16-18-20-21-22-23-24-25-26-27-28-29-30-31-32-34-36-38-40-42-44-50(55)52-48(47-60-61(57,58)59-46-45-53(3,4)5)51(56)49(54)43-41-39-37-35-33-19-17-15-13-11-9-7-2/h7-10,14-17,20-21,23-24,26-27,29-30,35,37,48-49,51,54,56H,6,11-13,18-19,22,25,28,31-34,36,38-47H2,1-5H3,(H-,52,55,57,58)/p+1/b9-7+,10-8-,16-14-,17-15+,21-20-,24-23-,27-26-,30-29-,37-35+. The van der Waals surface area contributed by atoms with E-state index in [-0.39, 0.29) is 18.9 Å². The molecule has 0 aromatic rings. The second kappa shape index (κ2) is 41.1. The maximum atomic E-state index is 12.9. The number of nitrogens with zero attached hydrogens (tertiary/aromatic N) is 1. The van der Waals surface area contributed by atoms with Gasteiger partial charge in [0, 0.05) is 6.42 Å².